The summed E-state index contributed by atoms with van der Waals surface area (Å²) in [5, 5.41) is 10.7. The quantitative estimate of drug-likeness (QED) is 0.598. The van der Waals surface area contributed by atoms with Crippen molar-refractivity contribution >= 4 is 5.96 Å². The molecule has 1 heterocycles. The van der Waals surface area contributed by atoms with Crippen molar-refractivity contribution in [3.05, 3.63) is 52.9 Å². The van der Waals surface area contributed by atoms with Crippen molar-refractivity contribution < 1.29 is 4.52 Å². The van der Waals surface area contributed by atoms with Crippen LogP contribution in [0.2, 0.25) is 0 Å². The SMILES string of the molecule is CCNC(=NCC(C)(C)c1ccccc1)NCCc1c(C)noc1C. The van der Waals surface area contributed by atoms with Crippen LogP contribution < -0.4 is 10.6 Å². The van der Waals surface area contributed by atoms with Gasteiger partial charge in [0.25, 0.3) is 0 Å². The highest BCUT2D eigenvalue weighted by molar-refractivity contribution is 5.79. The van der Waals surface area contributed by atoms with Crippen LogP contribution in [0.1, 0.15) is 43.4 Å². The molecule has 0 aliphatic heterocycles. The van der Waals surface area contributed by atoms with Gasteiger partial charge in [-0.2, -0.15) is 0 Å². The van der Waals surface area contributed by atoms with Gasteiger partial charge in [-0.25, -0.2) is 0 Å². The second-order valence-corrected chi connectivity index (χ2v) is 6.92. The number of nitrogens with one attached hydrogen (secondary N) is 2. The van der Waals surface area contributed by atoms with E-state index in [0.29, 0.717) is 0 Å². The molecule has 5 heteroatoms. The van der Waals surface area contributed by atoms with Crippen molar-refractivity contribution in [3.8, 4) is 0 Å². The zero-order valence-corrected chi connectivity index (χ0v) is 16.0. The van der Waals surface area contributed by atoms with Crippen LogP contribution in [0, 0.1) is 13.8 Å². The third-order valence-electron chi connectivity index (χ3n) is 4.38. The number of aliphatic imine (C=N–C) groups is 1. The molecule has 0 fully saturated rings. The number of aromatic nitrogens is 1. The van der Waals surface area contributed by atoms with Crippen LogP contribution in [-0.4, -0.2) is 30.8 Å². The summed E-state index contributed by atoms with van der Waals surface area (Å²) in [5.41, 5.74) is 3.43. The zero-order chi connectivity index (χ0) is 18.3. The average molecular weight is 342 g/mol. The standard InChI is InChI=1S/C20H30N4O/c1-6-21-19(22-13-12-18-15(2)24-25-16(18)3)23-14-20(4,5)17-10-8-7-9-11-17/h7-11H,6,12-14H2,1-5H3,(H2,21,22,23). The summed E-state index contributed by atoms with van der Waals surface area (Å²) in [6.45, 7) is 12.8. The zero-order valence-electron chi connectivity index (χ0n) is 16.0. The molecule has 0 aliphatic carbocycles. The van der Waals surface area contributed by atoms with E-state index in [1.165, 1.54) is 11.1 Å². The minimum absolute atomic E-state index is 0.00866. The first-order chi connectivity index (χ1) is 11.9. The third kappa shape index (κ3) is 5.34. The van der Waals surface area contributed by atoms with Gasteiger partial charge in [-0.05, 0) is 32.8 Å². The van der Waals surface area contributed by atoms with E-state index in [1.54, 1.807) is 0 Å². The van der Waals surface area contributed by atoms with Crippen LogP contribution in [0.5, 0.6) is 0 Å². The van der Waals surface area contributed by atoms with Crippen molar-refractivity contribution in [3.63, 3.8) is 0 Å². The lowest BCUT2D eigenvalue weighted by molar-refractivity contribution is 0.392. The Labute approximate surface area is 150 Å². The summed E-state index contributed by atoms with van der Waals surface area (Å²) in [7, 11) is 0. The molecule has 0 aliphatic rings. The second-order valence-electron chi connectivity index (χ2n) is 6.92. The topological polar surface area (TPSA) is 62.5 Å². The molecule has 0 spiro atoms. The molecule has 1 aromatic heterocycles. The number of rotatable bonds is 7. The van der Waals surface area contributed by atoms with Crippen molar-refractivity contribution in [1.29, 1.82) is 0 Å². The Morgan fingerprint density at radius 3 is 2.48 bits per heavy atom. The smallest absolute Gasteiger partial charge is 0.191 e. The van der Waals surface area contributed by atoms with Gasteiger partial charge in [-0.15, -0.1) is 0 Å². The Balaban J connectivity index is 1.96. The molecular weight excluding hydrogens is 312 g/mol. The van der Waals surface area contributed by atoms with Crippen molar-refractivity contribution in [2.75, 3.05) is 19.6 Å². The maximum Gasteiger partial charge on any atom is 0.191 e. The second kappa shape index (κ2) is 8.70. The van der Waals surface area contributed by atoms with Gasteiger partial charge in [0.1, 0.15) is 5.76 Å². The Morgan fingerprint density at radius 2 is 1.88 bits per heavy atom. The predicted molar refractivity (Wildman–Crippen MR) is 103 cm³/mol. The lowest BCUT2D eigenvalue weighted by atomic mass is 9.85. The van der Waals surface area contributed by atoms with E-state index in [1.807, 2.05) is 19.9 Å². The van der Waals surface area contributed by atoms with Crippen LogP contribution in [0.4, 0.5) is 0 Å². The molecule has 0 saturated carbocycles. The Morgan fingerprint density at radius 1 is 1.16 bits per heavy atom. The molecule has 1 aromatic carbocycles. The minimum Gasteiger partial charge on any atom is -0.361 e. The Hall–Kier alpha value is -2.30. The van der Waals surface area contributed by atoms with Crippen molar-refractivity contribution in [2.24, 2.45) is 4.99 Å². The molecule has 0 bridgehead atoms. The highest BCUT2D eigenvalue weighted by Crippen LogP contribution is 2.22. The molecule has 25 heavy (non-hydrogen) atoms. The lowest BCUT2D eigenvalue weighted by Gasteiger charge is -2.24. The Kier molecular flexibility index (Phi) is 6.62. The van der Waals surface area contributed by atoms with Crippen LogP contribution in [-0.2, 0) is 11.8 Å². The van der Waals surface area contributed by atoms with Gasteiger partial charge in [0.05, 0.1) is 12.2 Å². The van der Waals surface area contributed by atoms with E-state index in [2.05, 4.69) is 60.8 Å². The van der Waals surface area contributed by atoms with Crippen LogP contribution >= 0.6 is 0 Å². The molecule has 2 N–H and O–H groups in total. The van der Waals surface area contributed by atoms with E-state index in [9.17, 15) is 0 Å². The maximum atomic E-state index is 5.22. The monoisotopic (exact) mass is 342 g/mol. The summed E-state index contributed by atoms with van der Waals surface area (Å²) in [6.07, 6.45) is 0.869. The fourth-order valence-electron chi connectivity index (χ4n) is 2.76. The first kappa shape index (κ1) is 19.0. The maximum absolute atomic E-state index is 5.22. The first-order valence-corrected chi connectivity index (χ1v) is 8.93. The third-order valence-corrected chi connectivity index (χ3v) is 4.38. The first-order valence-electron chi connectivity index (χ1n) is 8.93. The van der Waals surface area contributed by atoms with Crippen LogP contribution in [0.3, 0.4) is 0 Å². The molecule has 2 aromatic rings. The number of benzene rings is 1. The number of hydrogen-bond acceptors (Lipinski definition) is 3. The molecule has 2 rings (SSSR count). The summed E-state index contributed by atoms with van der Waals surface area (Å²) >= 11 is 0. The summed E-state index contributed by atoms with van der Waals surface area (Å²) in [4.78, 5) is 4.78. The fraction of sp³-hybridized carbons (Fsp3) is 0.500. The largest absolute Gasteiger partial charge is 0.361 e. The number of guanidine groups is 1. The fourth-order valence-corrected chi connectivity index (χ4v) is 2.76. The molecule has 0 unspecified atom stereocenters. The van der Waals surface area contributed by atoms with Crippen LogP contribution in [0.25, 0.3) is 0 Å². The Bertz CT molecular complexity index is 669. The van der Waals surface area contributed by atoms with E-state index >= 15 is 0 Å². The highest BCUT2D eigenvalue weighted by Gasteiger charge is 2.20. The van der Waals surface area contributed by atoms with Crippen molar-refractivity contribution in [2.45, 2.75) is 46.5 Å². The number of nitrogens with zero attached hydrogens (tertiary/aromatic N) is 2. The van der Waals surface area contributed by atoms with Crippen LogP contribution in [0.15, 0.2) is 39.8 Å². The van der Waals surface area contributed by atoms with Gasteiger partial charge in [0, 0.05) is 24.1 Å². The van der Waals surface area contributed by atoms with Gasteiger partial charge < -0.3 is 15.2 Å². The van der Waals surface area contributed by atoms with Crippen molar-refractivity contribution in [1.82, 2.24) is 15.8 Å². The van der Waals surface area contributed by atoms with Gasteiger partial charge in [-0.1, -0.05) is 49.3 Å². The predicted octanol–water partition coefficient (Wildman–Crippen LogP) is 3.37. The van der Waals surface area contributed by atoms with Gasteiger partial charge in [-0.3, -0.25) is 4.99 Å². The molecule has 136 valence electrons. The molecule has 0 saturated heterocycles. The normalized spacial score (nSPS) is 12.3. The van der Waals surface area contributed by atoms with Gasteiger partial charge in [0.2, 0.25) is 0 Å². The van der Waals surface area contributed by atoms with E-state index in [-0.39, 0.29) is 5.41 Å². The summed E-state index contributed by atoms with van der Waals surface area (Å²) in [6, 6.07) is 10.5. The van der Waals surface area contributed by atoms with Gasteiger partial charge in [0.15, 0.2) is 5.96 Å². The molecular formula is C20H30N4O. The lowest BCUT2D eigenvalue weighted by Crippen LogP contribution is -2.39. The summed E-state index contributed by atoms with van der Waals surface area (Å²) < 4.78 is 5.22. The van der Waals surface area contributed by atoms with E-state index in [0.717, 1.165) is 43.5 Å². The number of aryl methyl sites for hydroxylation is 2. The van der Waals surface area contributed by atoms with E-state index < -0.39 is 0 Å². The van der Waals surface area contributed by atoms with Gasteiger partial charge >= 0.3 is 0 Å². The highest BCUT2D eigenvalue weighted by atomic mass is 16.5. The molecule has 0 atom stereocenters. The number of hydrogen-bond donors (Lipinski definition) is 2. The molecule has 5 nitrogen and oxygen atoms in total. The average Bonchev–Trinajstić information content (AvgIpc) is 2.92. The molecule has 0 radical (unpaired) electrons. The minimum atomic E-state index is -0.00866. The summed E-state index contributed by atoms with van der Waals surface area (Å²) in [5.74, 6) is 1.74. The molecule has 0 amide bonds. The van der Waals surface area contributed by atoms with E-state index in [4.69, 9.17) is 9.52 Å².